The summed E-state index contributed by atoms with van der Waals surface area (Å²) >= 11 is 0. The Kier molecular flexibility index (Phi) is 3.48. The summed E-state index contributed by atoms with van der Waals surface area (Å²) in [7, 11) is 0. The summed E-state index contributed by atoms with van der Waals surface area (Å²) in [6.45, 7) is 8.30. The minimum Gasteiger partial charge on any atom is -0.457 e. The lowest BCUT2D eigenvalue weighted by atomic mass is 10.0. The molecule has 0 aliphatic carbocycles. The van der Waals surface area contributed by atoms with Crippen LogP contribution in [0.2, 0.25) is 0 Å². The number of ether oxygens (including phenoxy) is 1. The van der Waals surface area contributed by atoms with Gasteiger partial charge >= 0.3 is 0 Å². The molecule has 0 fully saturated rings. The van der Waals surface area contributed by atoms with Crippen molar-refractivity contribution < 1.29 is 4.74 Å². The maximum Gasteiger partial charge on any atom is 0.130 e. The molecular formula is C16H17O. The first-order chi connectivity index (χ1) is 8.16. The average molecular weight is 225 g/mol. The van der Waals surface area contributed by atoms with E-state index in [0.717, 1.165) is 17.1 Å². The van der Waals surface area contributed by atoms with Crippen LogP contribution < -0.4 is 4.74 Å². The molecule has 0 unspecified atom stereocenters. The van der Waals surface area contributed by atoms with Gasteiger partial charge in [0.05, 0.1) is 0 Å². The molecule has 2 aromatic carbocycles. The van der Waals surface area contributed by atoms with Gasteiger partial charge in [0, 0.05) is 0 Å². The molecule has 2 rings (SSSR count). The van der Waals surface area contributed by atoms with Crippen LogP contribution in [0.25, 0.3) is 0 Å². The van der Waals surface area contributed by atoms with Gasteiger partial charge in [-0.1, -0.05) is 44.2 Å². The lowest BCUT2D eigenvalue weighted by Gasteiger charge is -2.10. The van der Waals surface area contributed by atoms with E-state index in [1.165, 1.54) is 5.56 Å². The van der Waals surface area contributed by atoms with Gasteiger partial charge in [0.1, 0.15) is 11.5 Å². The minimum atomic E-state index is 0.546. The first kappa shape index (κ1) is 11.7. The fraction of sp³-hybridized carbons (Fsp3) is 0.188. The molecule has 2 aromatic rings. The van der Waals surface area contributed by atoms with Gasteiger partial charge in [0.25, 0.3) is 0 Å². The van der Waals surface area contributed by atoms with Crippen molar-refractivity contribution in [2.24, 2.45) is 0 Å². The number of benzene rings is 2. The molecule has 0 N–H and O–H groups in total. The van der Waals surface area contributed by atoms with Gasteiger partial charge in [-0.25, -0.2) is 0 Å². The fourth-order valence-electron chi connectivity index (χ4n) is 1.65. The zero-order valence-corrected chi connectivity index (χ0v) is 10.3. The van der Waals surface area contributed by atoms with Crippen molar-refractivity contribution in [3.8, 4) is 11.5 Å². The number of para-hydroxylation sites is 1. The highest BCUT2D eigenvalue weighted by Crippen LogP contribution is 2.26. The number of rotatable bonds is 3. The molecule has 0 spiro atoms. The molecule has 0 heterocycles. The predicted molar refractivity (Wildman–Crippen MR) is 71.5 cm³/mol. The first-order valence-corrected chi connectivity index (χ1v) is 5.85. The molecule has 87 valence electrons. The molecule has 0 saturated carbocycles. The zero-order chi connectivity index (χ0) is 12.3. The van der Waals surface area contributed by atoms with Gasteiger partial charge in [-0.05, 0) is 42.2 Å². The summed E-state index contributed by atoms with van der Waals surface area (Å²) in [5.74, 6) is 2.21. The number of hydrogen-bond donors (Lipinski definition) is 0. The lowest BCUT2D eigenvalue weighted by molar-refractivity contribution is 0.480. The highest BCUT2D eigenvalue weighted by atomic mass is 16.5. The van der Waals surface area contributed by atoms with Crippen molar-refractivity contribution in [1.82, 2.24) is 0 Å². The topological polar surface area (TPSA) is 9.23 Å². The highest BCUT2D eigenvalue weighted by Gasteiger charge is 2.02. The van der Waals surface area contributed by atoms with Crippen LogP contribution in [0, 0.1) is 6.92 Å². The molecular weight excluding hydrogens is 208 g/mol. The summed E-state index contributed by atoms with van der Waals surface area (Å²) in [6, 6.07) is 16.0. The van der Waals surface area contributed by atoms with Gasteiger partial charge < -0.3 is 4.74 Å². The monoisotopic (exact) mass is 225 g/mol. The fourth-order valence-corrected chi connectivity index (χ4v) is 1.65. The van der Waals surface area contributed by atoms with Crippen LogP contribution in [0.3, 0.4) is 0 Å². The van der Waals surface area contributed by atoms with E-state index >= 15 is 0 Å². The van der Waals surface area contributed by atoms with Crippen LogP contribution in [0.15, 0.2) is 48.5 Å². The highest BCUT2D eigenvalue weighted by molar-refractivity contribution is 5.40. The Labute approximate surface area is 103 Å². The Morgan fingerprint density at radius 1 is 0.941 bits per heavy atom. The van der Waals surface area contributed by atoms with E-state index in [2.05, 4.69) is 32.9 Å². The van der Waals surface area contributed by atoms with Crippen LogP contribution >= 0.6 is 0 Å². The summed E-state index contributed by atoms with van der Waals surface area (Å²) < 4.78 is 5.78. The third-order valence-electron chi connectivity index (χ3n) is 2.75. The smallest absolute Gasteiger partial charge is 0.130 e. The molecule has 1 heteroatoms. The van der Waals surface area contributed by atoms with E-state index in [0.29, 0.717) is 5.92 Å². The summed E-state index contributed by atoms with van der Waals surface area (Å²) in [6.07, 6.45) is 0. The van der Waals surface area contributed by atoms with E-state index in [-0.39, 0.29) is 0 Å². The van der Waals surface area contributed by atoms with Crippen LogP contribution in [-0.2, 0) is 0 Å². The van der Waals surface area contributed by atoms with Crippen molar-refractivity contribution in [3.63, 3.8) is 0 Å². The van der Waals surface area contributed by atoms with Gasteiger partial charge in [-0.2, -0.15) is 0 Å². The van der Waals surface area contributed by atoms with E-state index in [1.54, 1.807) is 0 Å². The maximum atomic E-state index is 5.78. The molecule has 1 radical (unpaired) electrons. The van der Waals surface area contributed by atoms with E-state index < -0.39 is 0 Å². The van der Waals surface area contributed by atoms with Gasteiger partial charge in [-0.15, -0.1) is 0 Å². The average Bonchev–Trinajstić information content (AvgIpc) is 2.33. The van der Waals surface area contributed by atoms with Crippen molar-refractivity contribution in [2.45, 2.75) is 19.8 Å². The van der Waals surface area contributed by atoms with E-state index in [4.69, 9.17) is 4.74 Å². The summed E-state index contributed by atoms with van der Waals surface area (Å²) in [4.78, 5) is 0. The quantitative estimate of drug-likeness (QED) is 0.730. The largest absolute Gasteiger partial charge is 0.457 e. The van der Waals surface area contributed by atoms with Crippen molar-refractivity contribution in [3.05, 3.63) is 66.6 Å². The Hall–Kier alpha value is -1.76. The summed E-state index contributed by atoms with van der Waals surface area (Å²) in [5.41, 5.74) is 2.22. The maximum absolute atomic E-state index is 5.78. The molecule has 0 saturated heterocycles. The Bertz CT molecular complexity index is 483. The zero-order valence-electron chi connectivity index (χ0n) is 10.3. The Balaban J connectivity index is 2.17. The van der Waals surface area contributed by atoms with Crippen LogP contribution in [0.1, 0.15) is 30.9 Å². The second kappa shape index (κ2) is 5.05. The van der Waals surface area contributed by atoms with E-state index in [1.807, 2.05) is 36.4 Å². The SMILES string of the molecule is [CH2]c1ccccc1Oc1ccc(C(C)C)cc1. The Morgan fingerprint density at radius 3 is 2.18 bits per heavy atom. The second-order valence-electron chi connectivity index (χ2n) is 4.43. The first-order valence-electron chi connectivity index (χ1n) is 5.85. The molecule has 0 aliphatic rings. The molecule has 0 atom stereocenters. The van der Waals surface area contributed by atoms with Crippen molar-refractivity contribution in [1.29, 1.82) is 0 Å². The molecule has 0 bridgehead atoms. The van der Waals surface area contributed by atoms with Crippen molar-refractivity contribution >= 4 is 0 Å². The van der Waals surface area contributed by atoms with Crippen molar-refractivity contribution in [2.75, 3.05) is 0 Å². The molecule has 0 aliphatic heterocycles. The standard InChI is InChI=1S/C16H17O/c1-12(2)14-8-10-15(11-9-14)17-16-7-5-4-6-13(16)3/h4-12H,3H2,1-2H3. The molecule has 17 heavy (non-hydrogen) atoms. The minimum absolute atomic E-state index is 0.546. The predicted octanol–water partition coefficient (Wildman–Crippen LogP) is 4.78. The van der Waals surface area contributed by atoms with Gasteiger partial charge in [-0.3, -0.25) is 0 Å². The van der Waals surface area contributed by atoms with E-state index in [9.17, 15) is 0 Å². The summed E-state index contributed by atoms with van der Waals surface area (Å²) in [5, 5.41) is 0. The molecule has 0 amide bonds. The van der Waals surface area contributed by atoms with Crippen LogP contribution in [0.4, 0.5) is 0 Å². The van der Waals surface area contributed by atoms with Gasteiger partial charge in [0.2, 0.25) is 0 Å². The third kappa shape index (κ3) is 2.88. The second-order valence-corrected chi connectivity index (χ2v) is 4.43. The third-order valence-corrected chi connectivity index (χ3v) is 2.75. The molecule has 0 aromatic heterocycles. The number of hydrogen-bond acceptors (Lipinski definition) is 1. The lowest BCUT2D eigenvalue weighted by Crippen LogP contribution is -1.89. The van der Waals surface area contributed by atoms with Crippen LogP contribution in [0.5, 0.6) is 11.5 Å². The molecule has 1 nitrogen and oxygen atoms in total. The van der Waals surface area contributed by atoms with Crippen LogP contribution in [-0.4, -0.2) is 0 Å². The van der Waals surface area contributed by atoms with Gasteiger partial charge in [0.15, 0.2) is 0 Å². The Morgan fingerprint density at radius 2 is 1.59 bits per heavy atom. The normalized spacial score (nSPS) is 10.6.